The van der Waals surface area contributed by atoms with E-state index in [1.807, 2.05) is 56.3 Å². The summed E-state index contributed by atoms with van der Waals surface area (Å²) < 4.78 is 1.50. The molecular weight excluding hydrogens is 302 g/mol. The van der Waals surface area contributed by atoms with Gasteiger partial charge >= 0.3 is 5.69 Å². The van der Waals surface area contributed by atoms with Crippen LogP contribution < -0.4 is 16.6 Å². The van der Waals surface area contributed by atoms with Gasteiger partial charge in [-0.3, -0.25) is 14.3 Å². The number of aryl methyl sites for hydroxylation is 2. The monoisotopic (exact) mass is 321 g/mol. The number of nitrogens with one attached hydrogen (secondary N) is 2. The van der Waals surface area contributed by atoms with Crippen molar-refractivity contribution in [3.05, 3.63) is 92.3 Å². The highest BCUT2D eigenvalue weighted by molar-refractivity contribution is 5.57. The summed E-state index contributed by atoms with van der Waals surface area (Å²) in [5.41, 5.74) is 3.59. The maximum Gasteiger partial charge on any atom is 0.328 e. The minimum absolute atomic E-state index is 0.338. The topological polar surface area (TPSA) is 66.9 Å². The smallest absolute Gasteiger partial charge is 0.328 e. The molecule has 0 atom stereocenters. The Morgan fingerprint density at radius 3 is 2.33 bits per heavy atom. The van der Waals surface area contributed by atoms with Gasteiger partial charge in [0.25, 0.3) is 5.56 Å². The predicted molar refractivity (Wildman–Crippen MR) is 96.1 cm³/mol. The van der Waals surface area contributed by atoms with Gasteiger partial charge in [0.1, 0.15) is 5.69 Å². The molecule has 3 rings (SSSR count). The quantitative estimate of drug-likeness (QED) is 0.776. The lowest BCUT2D eigenvalue weighted by Crippen LogP contribution is -2.31. The van der Waals surface area contributed by atoms with Crippen molar-refractivity contribution in [2.24, 2.45) is 0 Å². The molecule has 5 nitrogen and oxygen atoms in total. The first-order valence-corrected chi connectivity index (χ1v) is 7.74. The second-order valence-electron chi connectivity index (χ2n) is 5.92. The van der Waals surface area contributed by atoms with E-state index in [1.165, 1.54) is 4.57 Å². The van der Waals surface area contributed by atoms with E-state index in [0.717, 1.165) is 22.4 Å². The highest BCUT2D eigenvalue weighted by atomic mass is 16.2. The Labute approximate surface area is 139 Å². The molecule has 3 aromatic rings. The Balaban J connectivity index is 1.95. The zero-order valence-corrected chi connectivity index (χ0v) is 13.7. The summed E-state index contributed by atoms with van der Waals surface area (Å²) in [6, 6.07) is 15.5. The van der Waals surface area contributed by atoms with Gasteiger partial charge in [-0.1, -0.05) is 47.5 Å². The van der Waals surface area contributed by atoms with E-state index in [2.05, 4.69) is 16.4 Å². The number of H-pyrrole nitrogens is 1. The Bertz CT molecular complexity index is 952. The summed E-state index contributed by atoms with van der Waals surface area (Å²) in [5.74, 6) is 0. The van der Waals surface area contributed by atoms with Gasteiger partial charge in [-0.05, 0) is 31.5 Å². The Hall–Kier alpha value is -3.08. The zero-order chi connectivity index (χ0) is 17.1. The van der Waals surface area contributed by atoms with Crippen molar-refractivity contribution in [1.82, 2.24) is 9.55 Å². The molecule has 122 valence electrons. The van der Waals surface area contributed by atoms with Crippen LogP contribution >= 0.6 is 0 Å². The van der Waals surface area contributed by atoms with Crippen molar-refractivity contribution in [1.29, 1.82) is 0 Å². The summed E-state index contributed by atoms with van der Waals surface area (Å²) in [6.07, 6.45) is 1.56. The van der Waals surface area contributed by atoms with E-state index < -0.39 is 11.2 Å². The molecular formula is C19H19N3O2. The second kappa shape index (κ2) is 6.58. The number of para-hydroxylation sites is 1. The summed E-state index contributed by atoms with van der Waals surface area (Å²) in [7, 11) is 0. The maximum absolute atomic E-state index is 12.1. The van der Waals surface area contributed by atoms with Crippen LogP contribution in [0.15, 0.2) is 64.3 Å². The predicted octanol–water partition coefficient (Wildman–Crippen LogP) is 2.95. The third kappa shape index (κ3) is 3.63. The van der Waals surface area contributed by atoms with Gasteiger partial charge in [0.2, 0.25) is 0 Å². The average molecular weight is 321 g/mol. The van der Waals surface area contributed by atoms with Crippen LogP contribution in [-0.4, -0.2) is 9.55 Å². The van der Waals surface area contributed by atoms with Gasteiger partial charge in [0.15, 0.2) is 0 Å². The molecule has 1 heterocycles. The largest absolute Gasteiger partial charge is 0.350 e. The molecule has 0 bridgehead atoms. The SMILES string of the molecule is Cc1cc(C)cc(Cn2cc(Nc3ccccc3)c(=O)[nH]c2=O)c1. The van der Waals surface area contributed by atoms with E-state index in [4.69, 9.17) is 0 Å². The summed E-state index contributed by atoms with van der Waals surface area (Å²) in [5, 5.41) is 3.04. The van der Waals surface area contributed by atoms with Gasteiger partial charge in [0, 0.05) is 11.9 Å². The third-order valence-electron chi connectivity index (χ3n) is 3.70. The van der Waals surface area contributed by atoms with Gasteiger partial charge in [0.05, 0.1) is 6.54 Å². The Morgan fingerprint density at radius 2 is 1.67 bits per heavy atom. The number of aromatic nitrogens is 2. The van der Waals surface area contributed by atoms with Crippen LogP contribution in [0.25, 0.3) is 0 Å². The lowest BCUT2D eigenvalue weighted by Gasteiger charge is -2.10. The van der Waals surface area contributed by atoms with Crippen LogP contribution in [0, 0.1) is 13.8 Å². The number of rotatable bonds is 4. The van der Waals surface area contributed by atoms with Crippen molar-refractivity contribution >= 4 is 11.4 Å². The van der Waals surface area contributed by atoms with Gasteiger partial charge in [-0.25, -0.2) is 4.79 Å². The van der Waals surface area contributed by atoms with Crippen LogP contribution in [0.5, 0.6) is 0 Å². The summed E-state index contributed by atoms with van der Waals surface area (Å²) >= 11 is 0. The lowest BCUT2D eigenvalue weighted by molar-refractivity contribution is 0.722. The molecule has 0 aliphatic carbocycles. The van der Waals surface area contributed by atoms with Crippen molar-refractivity contribution < 1.29 is 0 Å². The first-order valence-electron chi connectivity index (χ1n) is 7.74. The molecule has 0 aliphatic heterocycles. The molecule has 0 amide bonds. The number of hydrogen-bond acceptors (Lipinski definition) is 3. The van der Waals surface area contributed by atoms with Gasteiger partial charge in [-0.2, -0.15) is 0 Å². The average Bonchev–Trinajstić information content (AvgIpc) is 2.52. The van der Waals surface area contributed by atoms with E-state index >= 15 is 0 Å². The minimum Gasteiger partial charge on any atom is -0.350 e. The van der Waals surface area contributed by atoms with E-state index in [-0.39, 0.29) is 0 Å². The molecule has 0 unspecified atom stereocenters. The number of benzene rings is 2. The minimum atomic E-state index is -0.430. The fourth-order valence-electron chi connectivity index (χ4n) is 2.75. The van der Waals surface area contributed by atoms with E-state index in [0.29, 0.717) is 12.2 Å². The van der Waals surface area contributed by atoms with Crippen LogP contribution in [-0.2, 0) is 6.54 Å². The summed E-state index contributed by atoms with van der Waals surface area (Å²) in [6.45, 7) is 4.45. The first-order chi connectivity index (χ1) is 11.5. The van der Waals surface area contributed by atoms with Crippen LogP contribution in [0.2, 0.25) is 0 Å². The van der Waals surface area contributed by atoms with Gasteiger partial charge in [-0.15, -0.1) is 0 Å². The molecule has 5 heteroatoms. The van der Waals surface area contributed by atoms with Crippen LogP contribution in [0.1, 0.15) is 16.7 Å². The van der Waals surface area contributed by atoms with Crippen molar-refractivity contribution in [3.63, 3.8) is 0 Å². The maximum atomic E-state index is 12.1. The molecule has 0 radical (unpaired) electrons. The molecule has 24 heavy (non-hydrogen) atoms. The molecule has 0 saturated carbocycles. The van der Waals surface area contributed by atoms with Crippen LogP contribution in [0.3, 0.4) is 0 Å². The lowest BCUT2D eigenvalue weighted by atomic mass is 10.1. The molecule has 1 aromatic heterocycles. The van der Waals surface area contributed by atoms with Crippen LogP contribution in [0.4, 0.5) is 11.4 Å². The Kier molecular flexibility index (Phi) is 4.33. The highest BCUT2D eigenvalue weighted by Crippen LogP contribution is 2.13. The van der Waals surface area contributed by atoms with E-state index in [9.17, 15) is 9.59 Å². The Morgan fingerprint density at radius 1 is 1.00 bits per heavy atom. The molecule has 2 N–H and O–H groups in total. The number of anilines is 2. The highest BCUT2D eigenvalue weighted by Gasteiger charge is 2.06. The summed E-state index contributed by atoms with van der Waals surface area (Å²) in [4.78, 5) is 26.5. The molecule has 0 saturated heterocycles. The van der Waals surface area contributed by atoms with Gasteiger partial charge < -0.3 is 5.32 Å². The van der Waals surface area contributed by atoms with E-state index in [1.54, 1.807) is 6.20 Å². The van der Waals surface area contributed by atoms with Crippen molar-refractivity contribution in [3.8, 4) is 0 Å². The fraction of sp³-hybridized carbons (Fsp3) is 0.158. The number of aromatic amines is 1. The molecule has 0 fully saturated rings. The molecule has 2 aromatic carbocycles. The third-order valence-corrected chi connectivity index (χ3v) is 3.70. The second-order valence-corrected chi connectivity index (χ2v) is 5.92. The number of nitrogens with zero attached hydrogens (tertiary/aromatic N) is 1. The standard InChI is InChI=1S/C19H19N3O2/c1-13-8-14(2)10-15(9-13)11-22-12-17(18(23)21-19(22)24)20-16-6-4-3-5-7-16/h3-10,12,20H,11H2,1-2H3,(H,21,23,24). The zero-order valence-electron chi connectivity index (χ0n) is 13.7. The fourth-order valence-corrected chi connectivity index (χ4v) is 2.75. The molecule has 0 aliphatic rings. The van der Waals surface area contributed by atoms with Crippen molar-refractivity contribution in [2.45, 2.75) is 20.4 Å². The first kappa shape index (κ1) is 15.8. The molecule has 0 spiro atoms. The number of hydrogen-bond donors (Lipinski definition) is 2. The normalized spacial score (nSPS) is 10.6. The van der Waals surface area contributed by atoms with Crippen molar-refractivity contribution in [2.75, 3.05) is 5.32 Å².